The molecule has 0 bridgehead atoms. The highest BCUT2D eigenvalue weighted by atomic mass is 16.5. The number of hydrogen-bond donors (Lipinski definition) is 3. The average molecular weight is 190 g/mol. The molecule has 0 aromatic carbocycles. The summed E-state index contributed by atoms with van der Waals surface area (Å²) >= 11 is 0. The van der Waals surface area contributed by atoms with Gasteiger partial charge in [0.05, 0.1) is 6.73 Å². The zero-order valence-corrected chi connectivity index (χ0v) is 7.95. The predicted octanol–water partition coefficient (Wildman–Crippen LogP) is -0.238. The number of methoxy groups -OCH3 is 1. The Labute approximate surface area is 78.3 Å². The first-order valence-electron chi connectivity index (χ1n) is 4.37. The molecule has 0 aromatic rings. The van der Waals surface area contributed by atoms with Crippen LogP contribution in [0.3, 0.4) is 0 Å². The molecule has 0 saturated carbocycles. The number of carbonyl (C=O) groups is 1. The standard InChI is InChI=1S/C8H18N2O3/c1-13-6-10-7(8(11)12)4-2-3-5-9/h7,10H,2-6,9H2,1H3,(H,11,12)/t7-/m1/s1. The maximum absolute atomic E-state index is 10.7. The number of nitrogens with one attached hydrogen (secondary N) is 1. The third kappa shape index (κ3) is 6.51. The van der Waals surface area contributed by atoms with E-state index in [0.717, 1.165) is 12.8 Å². The molecule has 4 N–H and O–H groups in total. The zero-order chi connectivity index (χ0) is 10.1. The summed E-state index contributed by atoms with van der Waals surface area (Å²) in [7, 11) is 1.52. The molecule has 0 aliphatic carbocycles. The van der Waals surface area contributed by atoms with Crippen LogP contribution in [0.1, 0.15) is 19.3 Å². The fourth-order valence-corrected chi connectivity index (χ4v) is 0.990. The molecular weight excluding hydrogens is 172 g/mol. The molecule has 0 rings (SSSR count). The molecule has 0 amide bonds. The first-order chi connectivity index (χ1) is 6.22. The molecule has 13 heavy (non-hydrogen) atoms. The van der Waals surface area contributed by atoms with Crippen molar-refractivity contribution in [3.05, 3.63) is 0 Å². The van der Waals surface area contributed by atoms with Gasteiger partial charge in [-0.25, -0.2) is 0 Å². The van der Waals surface area contributed by atoms with E-state index in [1.807, 2.05) is 0 Å². The van der Waals surface area contributed by atoms with Crippen LogP contribution < -0.4 is 11.1 Å². The summed E-state index contributed by atoms with van der Waals surface area (Å²) in [5, 5.41) is 11.5. The van der Waals surface area contributed by atoms with Crippen LogP contribution >= 0.6 is 0 Å². The lowest BCUT2D eigenvalue weighted by molar-refractivity contribution is -0.140. The first kappa shape index (κ1) is 12.3. The smallest absolute Gasteiger partial charge is 0.320 e. The highest BCUT2D eigenvalue weighted by molar-refractivity contribution is 5.73. The maximum Gasteiger partial charge on any atom is 0.320 e. The summed E-state index contributed by atoms with van der Waals surface area (Å²) in [5.74, 6) is -0.839. The van der Waals surface area contributed by atoms with Gasteiger partial charge in [-0.05, 0) is 19.4 Å². The summed E-state index contributed by atoms with van der Waals surface area (Å²) in [6, 6.07) is -0.522. The average Bonchev–Trinajstić information content (AvgIpc) is 2.10. The van der Waals surface area contributed by atoms with Crippen molar-refractivity contribution in [3.8, 4) is 0 Å². The van der Waals surface area contributed by atoms with Crippen LogP contribution in [-0.4, -0.2) is 37.5 Å². The topological polar surface area (TPSA) is 84.6 Å². The summed E-state index contributed by atoms with van der Waals surface area (Å²) in [4.78, 5) is 10.7. The van der Waals surface area contributed by atoms with Gasteiger partial charge in [0.25, 0.3) is 0 Å². The summed E-state index contributed by atoms with van der Waals surface area (Å²) in [6.45, 7) is 0.871. The third-order valence-electron chi connectivity index (χ3n) is 1.72. The molecular formula is C8H18N2O3. The number of hydrogen-bond acceptors (Lipinski definition) is 4. The van der Waals surface area contributed by atoms with Gasteiger partial charge in [0.15, 0.2) is 0 Å². The fourth-order valence-electron chi connectivity index (χ4n) is 0.990. The van der Waals surface area contributed by atoms with Crippen LogP contribution in [-0.2, 0) is 9.53 Å². The molecule has 0 saturated heterocycles. The zero-order valence-electron chi connectivity index (χ0n) is 7.95. The molecule has 0 aromatic heterocycles. The van der Waals surface area contributed by atoms with E-state index in [1.165, 1.54) is 7.11 Å². The highest BCUT2D eigenvalue weighted by Gasteiger charge is 2.14. The number of nitrogens with two attached hydrogens (primary N) is 1. The van der Waals surface area contributed by atoms with Crippen LogP contribution in [0.5, 0.6) is 0 Å². The van der Waals surface area contributed by atoms with Crippen LogP contribution in [0.4, 0.5) is 0 Å². The van der Waals surface area contributed by atoms with Crippen molar-refractivity contribution in [1.82, 2.24) is 5.32 Å². The molecule has 0 radical (unpaired) electrons. The second kappa shape index (κ2) is 7.97. The molecule has 0 aliphatic heterocycles. The van der Waals surface area contributed by atoms with E-state index in [9.17, 15) is 4.79 Å². The molecule has 0 fully saturated rings. The van der Waals surface area contributed by atoms with Crippen LogP contribution in [0, 0.1) is 0 Å². The van der Waals surface area contributed by atoms with E-state index >= 15 is 0 Å². The summed E-state index contributed by atoms with van der Waals surface area (Å²) in [5.41, 5.74) is 5.30. The number of unbranched alkanes of at least 4 members (excludes halogenated alkanes) is 1. The minimum Gasteiger partial charge on any atom is -0.480 e. The van der Waals surface area contributed by atoms with Crippen LogP contribution in [0.15, 0.2) is 0 Å². The molecule has 0 heterocycles. The van der Waals surface area contributed by atoms with E-state index in [4.69, 9.17) is 15.6 Å². The van der Waals surface area contributed by atoms with E-state index in [1.54, 1.807) is 0 Å². The van der Waals surface area contributed by atoms with Crippen molar-refractivity contribution in [1.29, 1.82) is 0 Å². The Hall–Kier alpha value is -0.650. The summed E-state index contributed by atoms with van der Waals surface area (Å²) in [6.07, 6.45) is 2.28. The van der Waals surface area contributed by atoms with Gasteiger partial charge in [0.1, 0.15) is 6.04 Å². The van der Waals surface area contributed by atoms with Crippen LogP contribution in [0.2, 0.25) is 0 Å². The Balaban J connectivity index is 3.61. The van der Waals surface area contributed by atoms with Gasteiger partial charge >= 0.3 is 5.97 Å². The number of ether oxygens (including phenoxy) is 1. The van der Waals surface area contributed by atoms with Gasteiger partial charge in [-0.15, -0.1) is 0 Å². The quantitative estimate of drug-likeness (QED) is 0.363. The number of carboxylic acids is 1. The molecule has 1 atom stereocenters. The molecule has 5 nitrogen and oxygen atoms in total. The highest BCUT2D eigenvalue weighted by Crippen LogP contribution is 2.00. The van der Waals surface area contributed by atoms with Gasteiger partial charge in [0.2, 0.25) is 0 Å². The molecule has 5 heteroatoms. The van der Waals surface area contributed by atoms with Crippen molar-refractivity contribution in [2.75, 3.05) is 20.4 Å². The number of aliphatic carboxylic acids is 1. The van der Waals surface area contributed by atoms with E-state index in [-0.39, 0.29) is 6.73 Å². The normalized spacial score (nSPS) is 12.8. The second-order valence-corrected chi connectivity index (χ2v) is 2.81. The molecule has 0 unspecified atom stereocenters. The number of rotatable bonds is 8. The lowest BCUT2D eigenvalue weighted by Crippen LogP contribution is -2.37. The van der Waals surface area contributed by atoms with Gasteiger partial charge in [-0.2, -0.15) is 0 Å². The van der Waals surface area contributed by atoms with E-state index in [2.05, 4.69) is 5.32 Å². The fraction of sp³-hybridized carbons (Fsp3) is 0.875. The lowest BCUT2D eigenvalue weighted by Gasteiger charge is -2.12. The number of carboxylic acid groups (broad SMARTS) is 1. The van der Waals surface area contributed by atoms with Gasteiger partial charge in [-0.1, -0.05) is 6.42 Å². The van der Waals surface area contributed by atoms with Crippen LogP contribution in [0.25, 0.3) is 0 Å². The molecule has 78 valence electrons. The molecule has 0 aliphatic rings. The van der Waals surface area contributed by atoms with E-state index in [0.29, 0.717) is 13.0 Å². The van der Waals surface area contributed by atoms with E-state index < -0.39 is 12.0 Å². The van der Waals surface area contributed by atoms with Crippen molar-refractivity contribution in [3.63, 3.8) is 0 Å². The monoisotopic (exact) mass is 190 g/mol. The van der Waals surface area contributed by atoms with Gasteiger partial charge < -0.3 is 15.6 Å². The van der Waals surface area contributed by atoms with Crippen molar-refractivity contribution >= 4 is 5.97 Å². The van der Waals surface area contributed by atoms with Crippen molar-refractivity contribution in [2.45, 2.75) is 25.3 Å². The third-order valence-corrected chi connectivity index (χ3v) is 1.72. The summed E-state index contributed by atoms with van der Waals surface area (Å²) < 4.78 is 4.73. The Kier molecular flexibility index (Phi) is 7.57. The largest absolute Gasteiger partial charge is 0.480 e. The minimum atomic E-state index is -0.839. The Bertz CT molecular complexity index is 141. The predicted molar refractivity (Wildman–Crippen MR) is 49.3 cm³/mol. The van der Waals surface area contributed by atoms with Gasteiger partial charge in [-0.3, -0.25) is 10.1 Å². The Morgan fingerprint density at radius 1 is 1.62 bits per heavy atom. The minimum absolute atomic E-state index is 0.263. The maximum atomic E-state index is 10.7. The first-order valence-corrected chi connectivity index (χ1v) is 4.37. The second-order valence-electron chi connectivity index (χ2n) is 2.81. The SMILES string of the molecule is COCN[C@H](CCCCN)C(=O)O. The van der Waals surface area contributed by atoms with Crippen molar-refractivity contribution < 1.29 is 14.6 Å². The Morgan fingerprint density at radius 2 is 2.31 bits per heavy atom. The van der Waals surface area contributed by atoms with Crippen molar-refractivity contribution in [2.24, 2.45) is 5.73 Å². The molecule has 0 spiro atoms. The Morgan fingerprint density at radius 3 is 2.77 bits per heavy atom. The lowest BCUT2D eigenvalue weighted by atomic mass is 10.1. The van der Waals surface area contributed by atoms with Gasteiger partial charge in [0, 0.05) is 7.11 Å².